The van der Waals surface area contributed by atoms with Crippen LogP contribution in [0.4, 0.5) is 5.69 Å². The second kappa shape index (κ2) is 5.48. The largest absolute Gasteiger partial charge is 0.495 e. The van der Waals surface area contributed by atoms with Gasteiger partial charge in [0.15, 0.2) is 0 Å². The average molecular weight is 282 g/mol. The minimum atomic E-state index is -0.435. The monoisotopic (exact) mass is 282 g/mol. The molecule has 0 saturated carbocycles. The predicted octanol–water partition coefficient (Wildman–Crippen LogP) is 2.37. The third kappa shape index (κ3) is 2.70. The van der Waals surface area contributed by atoms with Gasteiger partial charge in [-0.25, -0.2) is 0 Å². The van der Waals surface area contributed by atoms with Crippen LogP contribution in [0.5, 0.6) is 5.75 Å². The zero-order valence-electron chi connectivity index (χ0n) is 11.9. The lowest BCUT2D eigenvalue weighted by Gasteiger charge is -2.17. The summed E-state index contributed by atoms with van der Waals surface area (Å²) in [6, 6.07) is 14.0. The molecule has 0 aliphatic heterocycles. The predicted molar refractivity (Wildman–Crippen MR) is 82.8 cm³/mol. The van der Waals surface area contributed by atoms with Crippen LogP contribution in [0.1, 0.15) is 21.5 Å². The number of benzene rings is 2. The lowest BCUT2D eigenvalue weighted by Crippen LogP contribution is -2.20. The van der Waals surface area contributed by atoms with Gasteiger partial charge in [0.05, 0.1) is 12.8 Å². The summed E-state index contributed by atoms with van der Waals surface area (Å²) in [5.74, 6) is 0.284. The Labute approximate surface area is 123 Å². The van der Waals surface area contributed by atoms with Crippen molar-refractivity contribution in [3.05, 3.63) is 59.2 Å². The fourth-order valence-electron chi connectivity index (χ4n) is 2.85. The minimum Gasteiger partial charge on any atom is -0.495 e. The summed E-state index contributed by atoms with van der Waals surface area (Å²) in [7, 11) is 1.62. The molecule has 0 bridgehead atoms. The Hall–Kier alpha value is -2.49. The van der Waals surface area contributed by atoms with E-state index in [1.807, 2.05) is 0 Å². The number of nitrogens with one attached hydrogen (secondary N) is 1. The Kier molecular flexibility index (Phi) is 3.52. The molecule has 108 valence electrons. The first-order chi connectivity index (χ1) is 10.2. The quantitative estimate of drug-likeness (QED) is 0.905. The molecular formula is C17H18N2O2. The molecule has 0 aromatic heterocycles. The van der Waals surface area contributed by atoms with Gasteiger partial charge in [-0.05, 0) is 42.2 Å². The Morgan fingerprint density at radius 3 is 2.43 bits per heavy atom. The van der Waals surface area contributed by atoms with E-state index in [1.165, 1.54) is 11.1 Å². The summed E-state index contributed by atoms with van der Waals surface area (Å²) < 4.78 is 5.35. The van der Waals surface area contributed by atoms with Gasteiger partial charge in [-0.1, -0.05) is 24.3 Å². The molecule has 1 amide bonds. The summed E-state index contributed by atoms with van der Waals surface area (Å²) >= 11 is 0. The van der Waals surface area contributed by atoms with Gasteiger partial charge in [0, 0.05) is 11.6 Å². The minimum absolute atomic E-state index is 0.305. The normalized spacial score (nSPS) is 13.8. The molecule has 0 heterocycles. The number of anilines is 1. The van der Waals surface area contributed by atoms with Gasteiger partial charge in [0.2, 0.25) is 5.91 Å². The maximum Gasteiger partial charge on any atom is 0.248 e. The van der Waals surface area contributed by atoms with E-state index in [1.54, 1.807) is 25.3 Å². The maximum atomic E-state index is 11.3. The van der Waals surface area contributed by atoms with Crippen LogP contribution in [0.2, 0.25) is 0 Å². The van der Waals surface area contributed by atoms with E-state index < -0.39 is 5.91 Å². The number of primary amides is 1. The van der Waals surface area contributed by atoms with Gasteiger partial charge < -0.3 is 15.8 Å². The van der Waals surface area contributed by atoms with Crippen LogP contribution in [0.3, 0.4) is 0 Å². The third-order valence-electron chi connectivity index (χ3n) is 3.89. The van der Waals surface area contributed by atoms with Crippen LogP contribution in [0, 0.1) is 0 Å². The van der Waals surface area contributed by atoms with E-state index in [-0.39, 0.29) is 0 Å². The summed E-state index contributed by atoms with van der Waals surface area (Å²) in [5.41, 5.74) is 9.39. The van der Waals surface area contributed by atoms with Crippen molar-refractivity contribution in [2.24, 2.45) is 5.73 Å². The molecule has 0 unspecified atom stereocenters. The Morgan fingerprint density at radius 2 is 1.86 bits per heavy atom. The lowest BCUT2D eigenvalue weighted by molar-refractivity contribution is 0.100. The molecule has 0 radical (unpaired) electrons. The van der Waals surface area contributed by atoms with Crippen LogP contribution < -0.4 is 15.8 Å². The van der Waals surface area contributed by atoms with Crippen LogP contribution in [0.25, 0.3) is 0 Å². The Morgan fingerprint density at radius 1 is 1.19 bits per heavy atom. The Bertz CT molecular complexity index is 657. The molecular weight excluding hydrogens is 264 g/mol. The fraction of sp³-hybridized carbons (Fsp3) is 0.235. The number of methoxy groups -OCH3 is 1. The van der Waals surface area contributed by atoms with E-state index in [9.17, 15) is 4.79 Å². The summed E-state index contributed by atoms with van der Waals surface area (Å²) in [4.78, 5) is 11.3. The summed E-state index contributed by atoms with van der Waals surface area (Å²) in [6.07, 6.45) is 1.94. The van der Waals surface area contributed by atoms with Crippen LogP contribution >= 0.6 is 0 Å². The first-order valence-corrected chi connectivity index (χ1v) is 6.98. The van der Waals surface area contributed by atoms with Gasteiger partial charge in [-0.15, -0.1) is 0 Å². The van der Waals surface area contributed by atoms with Gasteiger partial charge in [0.25, 0.3) is 0 Å². The molecule has 0 atom stereocenters. The van der Waals surface area contributed by atoms with E-state index in [4.69, 9.17) is 10.5 Å². The number of carbonyl (C=O) groups excluding carboxylic acids is 1. The molecule has 21 heavy (non-hydrogen) atoms. The van der Waals surface area contributed by atoms with Crippen molar-refractivity contribution in [3.63, 3.8) is 0 Å². The zero-order chi connectivity index (χ0) is 14.8. The van der Waals surface area contributed by atoms with E-state index >= 15 is 0 Å². The molecule has 0 saturated heterocycles. The zero-order valence-corrected chi connectivity index (χ0v) is 11.9. The molecule has 2 aromatic carbocycles. The van der Waals surface area contributed by atoms with Gasteiger partial charge in [0.1, 0.15) is 5.75 Å². The van der Waals surface area contributed by atoms with E-state index in [0.29, 0.717) is 11.6 Å². The first kappa shape index (κ1) is 13.5. The maximum absolute atomic E-state index is 11.3. The Balaban J connectivity index is 1.82. The number of rotatable bonds is 4. The van der Waals surface area contributed by atoms with Crippen LogP contribution in [-0.2, 0) is 12.8 Å². The lowest BCUT2D eigenvalue weighted by atomic mass is 10.1. The SMILES string of the molecule is COc1ccc(C(N)=O)cc1NC1Cc2ccccc2C1. The van der Waals surface area contributed by atoms with Crippen LogP contribution in [-0.4, -0.2) is 19.1 Å². The molecule has 4 nitrogen and oxygen atoms in total. The standard InChI is InChI=1S/C17H18N2O2/c1-21-16-7-6-13(17(18)20)10-15(16)19-14-8-11-4-2-3-5-12(11)9-14/h2-7,10,14,19H,8-9H2,1H3,(H2,18,20). The van der Waals surface area contributed by atoms with Gasteiger partial charge in [-0.3, -0.25) is 4.79 Å². The molecule has 2 aromatic rings. The number of hydrogen-bond acceptors (Lipinski definition) is 3. The third-order valence-corrected chi connectivity index (χ3v) is 3.89. The van der Waals surface area contributed by atoms with Crippen molar-refractivity contribution in [2.45, 2.75) is 18.9 Å². The van der Waals surface area contributed by atoms with Crippen molar-refractivity contribution in [1.29, 1.82) is 0 Å². The topological polar surface area (TPSA) is 64.3 Å². The highest BCUT2D eigenvalue weighted by molar-refractivity contribution is 5.94. The second-order valence-electron chi connectivity index (χ2n) is 5.30. The van der Waals surface area contributed by atoms with Crippen LogP contribution in [0.15, 0.2) is 42.5 Å². The number of fused-ring (bicyclic) bond motifs is 1. The van der Waals surface area contributed by atoms with E-state index in [2.05, 4.69) is 29.6 Å². The van der Waals surface area contributed by atoms with Crippen molar-refractivity contribution >= 4 is 11.6 Å². The molecule has 1 aliphatic carbocycles. The number of amides is 1. The molecule has 4 heteroatoms. The molecule has 3 N–H and O–H groups in total. The smallest absolute Gasteiger partial charge is 0.248 e. The van der Waals surface area contributed by atoms with Crippen molar-refractivity contribution < 1.29 is 9.53 Å². The first-order valence-electron chi connectivity index (χ1n) is 6.98. The fourth-order valence-corrected chi connectivity index (χ4v) is 2.85. The molecule has 0 spiro atoms. The van der Waals surface area contributed by atoms with Crippen molar-refractivity contribution in [1.82, 2.24) is 0 Å². The summed E-state index contributed by atoms with van der Waals surface area (Å²) in [6.45, 7) is 0. The molecule has 1 aliphatic rings. The van der Waals surface area contributed by atoms with Gasteiger partial charge >= 0.3 is 0 Å². The highest BCUT2D eigenvalue weighted by Crippen LogP contribution is 2.30. The highest BCUT2D eigenvalue weighted by atomic mass is 16.5. The van der Waals surface area contributed by atoms with Gasteiger partial charge in [-0.2, -0.15) is 0 Å². The van der Waals surface area contributed by atoms with Crippen molar-refractivity contribution in [3.8, 4) is 5.75 Å². The number of carbonyl (C=O) groups is 1. The summed E-state index contributed by atoms with van der Waals surface area (Å²) in [5, 5.41) is 3.47. The number of hydrogen-bond donors (Lipinski definition) is 2. The number of nitrogens with two attached hydrogens (primary N) is 1. The average Bonchev–Trinajstić information content (AvgIpc) is 2.89. The molecule has 0 fully saturated rings. The second-order valence-corrected chi connectivity index (χ2v) is 5.30. The van der Waals surface area contributed by atoms with E-state index in [0.717, 1.165) is 24.3 Å². The number of ether oxygens (including phenoxy) is 1. The highest BCUT2D eigenvalue weighted by Gasteiger charge is 2.21. The molecule has 3 rings (SSSR count). The van der Waals surface area contributed by atoms with Crippen molar-refractivity contribution in [2.75, 3.05) is 12.4 Å².